The van der Waals surface area contributed by atoms with Gasteiger partial charge in [-0.2, -0.15) is 0 Å². The van der Waals surface area contributed by atoms with Gasteiger partial charge in [0.25, 0.3) is 0 Å². The summed E-state index contributed by atoms with van der Waals surface area (Å²) in [7, 11) is 1.67. The Morgan fingerprint density at radius 3 is 2.25 bits per heavy atom. The van der Waals surface area contributed by atoms with Crippen LogP contribution in [0.1, 0.15) is 20.3 Å². The highest BCUT2D eigenvalue weighted by molar-refractivity contribution is 5.95. The summed E-state index contributed by atoms with van der Waals surface area (Å²) >= 11 is 0. The minimum absolute atomic E-state index is 0.0908. The number of carboxylic acids is 1. The topological polar surface area (TPSA) is 60.9 Å². The summed E-state index contributed by atoms with van der Waals surface area (Å²) in [5.41, 5.74) is 0.830. The average molecular weight is 278 g/mol. The van der Waals surface area contributed by atoms with Gasteiger partial charge in [-0.05, 0) is 32.5 Å². The number of benzene rings is 1. The number of nitrogens with zero attached hydrogens (tertiary/aromatic N) is 2. The van der Waals surface area contributed by atoms with E-state index in [1.165, 1.54) is 0 Å². The number of hydrogen-bond acceptors (Lipinski definition) is 3. The van der Waals surface area contributed by atoms with E-state index in [0.29, 0.717) is 13.0 Å². The van der Waals surface area contributed by atoms with Gasteiger partial charge in [0.1, 0.15) is 6.04 Å². The van der Waals surface area contributed by atoms with Gasteiger partial charge in [0.05, 0.1) is 6.54 Å². The lowest BCUT2D eigenvalue weighted by atomic mass is 10.2. The number of carbonyl (C=O) groups is 2. The van der Waals surface area contributed by atoms with E-state index in [2.05, 4.69) is 0 Å². The maximum atomic E-state index is 12.3. The van der Waals surface area contributed by atoms with Crippen molar-refractivity contribution >= 4 is 17.6 Å². The minimum Gasteiger partial charge on any atom is -0.480 e. The van der Waals surface area contributed by atoms with Gasteiger partial charge < -0.3 is 10.0 Å². The van der Waals surface area contributed by atoms with Crippen LogP contribution in [0, 0.1) is 0 Å². The third-order valence-corrected chi connectivity index (χ3v) is 3.27. The van der Waals surface area contributed by atoms with E-state index in [1.807, 2.05) is 37.3 Å². The Morgan fingerprint density at radius 2 is 1.80 bits per heavy atom. The smallest absolute Gasteiger partial charge is 0.320 e. The fraction of sp³-hybridized carbons (Fsp3) is 0.467. The Morgan fingerprint density at radius 1 is 1.20 bits per heavy atom. The zero-order valence-electron chi connectivity index (χ0n) is 12.2. The number of aliphatic carboxylic acids is 1. The van der Waals surface area contributed by atoms with Crippen molar-refractivity contribution in [3.63, 3.8) is 0 Å². The predicted molar refractivity (Wildman–Crippen MR) is 78.8 cm³/mol. The molecule has 1 N–H and O–H groups in total. The monoisotopic (exact) mass is 278 g/mol. The summed E-state index contributed by atoms with van der Waals surface area (Å²) < 4.78 is 0. The van der Waals surface area contributed by atoms with E-state index in [0.717, 1.165) is 5.69 Å². The van der Waals surface area contributed by atoms with E-state index >= 15 is 0 Å². The second kappa shape index (κ2) is 7.65. The molecule has 0 aromatic heterocycles. The summed E-state index contributed by atoms with van der Waals surface area (Å²) in [4.78, 5) is 26.7. The first-order valence-corrected chi connectivity index (χ1v) is 6.79. The molecule has 0 saturated heterocycles. The Balaban J connectivity index is 2.76. The zero-order chi connectivity index (χ0) is 15.1. The van der Waals surface area contributed by atoms with E-state index in [-0.39, 0.29) is 12.5 Å². The van der Waals surface area contributed by atoms with Crippen molar-refractivity contribution in [1.82, 2.24) is 4.90 Å². The molecule has 0 heterocycles. The molecule has 5 nitrogen and oxygen atoms in total. The van der Waals surface area contributed by atoms with E-state index in [9.17, 15) is 9.59 Å². The molecular formula is C15H22N2O3. The molecule has 1 aromatic rings. The summed E-state index contributed by atoms with van der Waals surface area (Å²) in [6.07, 6.45) is 0.469. The Bertz CT molecular complexity index is 448. The van der Waals surface area contributed by atoms with Gasteiger partial charge in [-0.3, -0.25) is 14.5 Å². The molecule has 20 heavy (non-hydrogen) atoms. The predicted octanol–water partition coefficient (Wildman–Crippen LogP) is 1.83. The summed E-state index contributed by atoms with van der Waals surface area (Å²) in [5.74, 6) is -0.994. The van der Waals surface area contributed by atoms with Gasteiger partial charge >= 0.3 is 5.97 Å². The largest absolute Gasteiger partial charge is 0.480 e. The molecule has 0 aliphatic heterocycles. The summed E-state index contributed by atoms with van der Waals surface area (Å²) in [5, 5.41) is 9.10. The van der Waals surface area contributed by atoms with Crippen molar-refractivity contribution in [2.45, 2.75) is 26.3 Å². The molecule has 0 saturated carbocycles. The number of anilines is 1. The second-order valence-corrected chi connectivity index (χ2v) is 4.65. The van der Waals surface area contributed by atoms with Gasteiger partial charge in [0.2, 0.25) is 5.91 Å². The first-order chi connectivity index (χ1) is 9.51. The van der Waals surface area contributed by atoms with Crippen LogP contribution < -0.4 is 4.90 Å². The summed E-state index contributed by atoms with van der Waals surface area (Å²) in [6, 6.07) is 8.76. The molecular weight excluding hydrogens is 256 g/mol. The lowest BCUT2D eigenvalue weighted by molar-refractivity contribution is -0.143. The molecule has 0 spiro atoms. The molecule has 0 aliphatic carbocycles. The van der Waals surface area contributed by atoms with E-state index < -0.39 is 12.0 Å². The lowest BCUT2D eigenvalue weighted by Gasteiger charge is -2.27. The normalized spacial score (nSPS) is 12.2. The van der Waals surface area contributed by atoms with Crippen molar-refractivity contribution in [3.05, 3.63) is 30.3 Å². The number of carboxylic acid groups (broad SMARTS) is 1. The van der Waals surface area contributed by atoms with Crippen molar-refractivity contribution in [2.75, 3.05) is 25.0 Å². The van der Waals surface area contributed by atoms with Gasteiger partial charge in [0, 0.05) is 12.2 Å². The molecule has 1 unspecified atom stereocenters. The van der Waals surface area contributed by atoms with Crippen molar-refractivity contribution in [1.29, 1.82) is 0 Å². The standard InChI is InChI=1S/C15H22N2O3/c1-4-13(15(19)20)16(3)11-14(18)17(5-2)12-9-7-6-8-10-12/h6-10,13H,4-5,11H2,1-3H3,(H,19,20). The first kappa shape index (κ1) is 16.2. The molecule has 1 atom stereocenters. The molecule has 5 heteroatoms. The van der Waals surface area contributed by atoms with Crippen molar-refractivity contribution < 1.29 is 14.7 Å². The molecule has 110 valence electrons. The maximum absolute atomic E-state index is 12.3. The van der Waals surface area contributed by atoms with Gasteiger partial charge in [0.15, 0.2) is 0 Å². The van der Waals surface area contributed by atoms with E-state index in [4.69, 9.17) is 5.11 Å². The highest BCUT2D eigenvalue weighted by Gasteiger charge is 2.24. The molecule has 0 aliphatic rings. The van der Waals surface area contributed by atoms with Crippen LogP contribution >= 0.6 is 0 Å². The fourth-order valence-corrected chi connectivity index (χ4v) is 2.19. The van der Waals surface area contributed by atoms with Gasteiger partial charge in [-0.1, -0.05) is 25.1 Å². The van der Waals surface area contributed by atoms with Crippen LogP contribution in [0.3, 0.4) is 0 Å². The third kappa shape index (κ3) is 4.06. The van der Waals surface area contributed by atoms with Crippen LogP contribution in [-0.2, 0) is 9.59 Å². The van der Waals surface area contributed by atoms with Crippen molar-refractivity contribution in [2.24, 2.45) is 0 Å². The second-order valence-electron chi connectivity index (χ2n) is 4.65. The number of likely N-dealkylation sites (N-methyl/N-ethyl adjacent to an activating group) is 2. The number of para-hydroxylation sites is 1. The van der Waals surface area contributed by atoms with Crippen LogP contribution in [0.15, 0.2) is 30.3 Å². The van der Waals surface area contributed by atoms with Gasteiger partial charge in [-0.15, -0.1) is 0 Å². The van der Waals surface area contributed by atoms with Crippen LogP contribution in [0.4, 0.5) is 5.69 Å². The van der Waals surface area contributed by atoms with Gasteiger partial charge in [-0.25, -0.2) is 0 Å². The summed E-state index contributed by atoms with van der Waals surface area (Å²) in [6.45, 7) is 4.35. The van der Waals surface area contributed by atoms with E-state index in [1.54, 1.807) is 23.8 Å². The highest BCUT2D eigenvalue weighted by atomic mass is 16.4. The lowest BCUT2D eigenvalue weighted by Crippen LogP contribution is -2.45. The van der Waals surface area contributed by atoms with Crippen LogP contribution in [0.25, 0.3) is 0 Å². The first-order valence-electron chi connectivity index (χ1n) is 6.79. The molecule has 1 rings (SSSR count). The Hall–Kier alpha value is -1.88. The van der Waals surface area contributed by atoms with Crippen LogP contribution in [0.2, 0.25) is 0 Å². The zero-order valence-corrected chi connectivity index (χ0v) is 12.2. The minimum atomic E-state index is -0.898. The third-order valence-electron chi connectivity index (χ3n) is 3.27. The maximum Gasteiger partial charge on any atom is 0.320 e. The number of amides is 1. The quantitative estimate of drug-likeness (QED) is 0.826. The van der Waals surface area contributed by atoms with Crippen LogP contribution in [0.5, 0.6) is 0 Å². The van der Waals surface area contributed by atoms with Crippen molar-refractivity contribution in [3.8, 4) is 0 Å². The number of rotatable bonds is 7. The fourth-order valence-electron chi connectivity index (χ4n) is 2.19. The molecule has 0 fully saturated rings. The molecule has 0 radical (unpaired) electrons. The number of hydrogen-bond donors (Lipinski definition) is 1. The Labute approximate surface area is 119 Å². The molecule has 0 bridgehead atoms. The van der Waals surface area contributed by atoms with Crippen LogP contribution in [-0.4, -0.2) is 48.1 Å². The highest BCUT2D eigenvalue weighted by Crippen LogP contribution is 2.14. The number of carbonyl (C=O) groups excluding carboxylic acids is 1. The Kier molecular flexibility index (Phi) is 6.18. The SMILES string of the molecule is CCC(C(=O)O)N(C)CC(=O)N(CC)c1ccccc1. The average Bonchev–Trinajstić information content (AvgIpc) is 2.41. The molecule has 1 aromatic carbocycles. The molecule has 1 amide bonds.